The summed E-state index contributed by atoms with van der Waals surface area (Å²) in [6.07, 6.45) is 2.99. The number of amides is 3. The largest absolute Gasteiger partial charge is 0.490 e. The molecule has 0 aliphatic rings. The second kappa shape index (κ2) is 15.3. The molecule has 11 heteroatoms. The van der Waals surface area contributed by atoms with Crippen LogP contribution in [0.15, 0.2) is 78.4 Å². The molecule has 0 bridgehead atoms. The molecule has 10 nitrogen and oxygen atoms in total. The number of carbonyl (C=O) groups excluding carboxylic acids is 3. The number of hydrogen-bond donors (Lipinski definition) is 3. The number of hydrazone groups is 1. The Labute approximate surface area is 245 Å². The molecule has 0 aliphatic heterocycles. The summed E-state index contributed by atoms with van der Waals surface area (Å²) in [4.78, 5) is 36.7. The van der Waals surface area contributed by atoms with Crippen LogP contribution in [0.2, 0.25) is 0 Å². The van der Waals surface area contributed by atoms with E-state index in [1.54, 1.807) is 42.5 Å². The summed E-state index contributed by atoms with van der Waals surface area (Å²) < 4.78 is 17.5. The van der Waals surface area contributed by atoms with Crippen LogP contribution in [0, 0.1) is 10.5 Å². The van der Waals surface area contributed by atoms with Crippen molar-refractivity contribution in [2.75, 3.05) is 30.5 Å². The molecule has 208 valence electrons. The molecule has 0 spiro atoms. The van der Waals surface area contributed by atoms with Crippen LogP contribution in [0.3, 0.4) is 0 Å². The Morgan fingerprint density at radius 2 is 1.60 bits per heavy atom. The Morgan fingerprint density at radius 3 is 2.27 bits per heavy atom. The van der Waals surface area contributed by atoms with E-state index in [1.165, 1.54) is 6.21 Å². The van der Waals surface area contributed by atoms with Crippen LogP contribution in [0.5, 0.6) is 17.2 Å². The molecule has 0 saturated carbocycles. The Hall–Kier alpha value is -4.39. The first kappa shape index (κ1) is 30.2. The van der Waals surface area contributed by atoms with E-state index < -0.39 is 11.8 Å². The van der Waals surface area contributed by atoms with Crippen molar-refractivity contribution in [3.05, 3.63) is 88.0 Å². The molecule has 3 aromatic carbocycles. The van der Waals surface area contributed by atoms with Gasteiger partial charge in [-0.2, -0.15) is 5.10 Å². The highest BCUT2D eigenvalue weighted by atomic mass is 127. The van der Waals surface area contributed by atoms with Crippen LogP contribution in [0.4, 0.5) is 11.4 Å². The molecular formula is C29H29IN4O6. The van der Waals surface area contributed by atoms with Gasteiger partial charge in [-0.1, -0.05) is 30.4 Å². The first-order chi connectivity index (χ1) is 19.3. The molecule has 0 heterocycles. The highest BCUT2D eigenvalue weighted by Gasteiger charge is 2.15. The number of benzene rings is 3. The fourth-order valence-electron chi connectivity index (χ4n) is 3.23. The van der Waals surface area contributed by atoms with Gasteiger partial charge >= 0.3 is 11.8 Å². The number of nitrogens with zero attached hydrogens (tertiary/aromatic N) is 1. The van der Waals surface area contributed by atoms with Crippen molar-refractivity contribution in [2.24, 2.45) is 5.10 Å². The zero-order valence-electron chi connectivity index (χ0n) is 22.0. The maximum Gasteiger partial charge on any atom is 0.329 e. The van der Waals surface area contributed by atoms with Gasteiger partial charge in [-0.25, -0.2) is 5.43 Å². The number of nitrogens with one attached hydrogen (secondary N) is 3. The lowest BCUT2D eigenvalue weighted by Crippen LogP contribution is -2.32. The minimum atomic E-state index is -0.942. The molecule has 3 N–H and O–H groups in total. The normalized spacial score (nSPS) is 10.5. The van der Waals surface area contributed by atoms with Gasteiger partial charge in [0.15, 0.2) is 18.1 Å². The zero-order valence-corrected chi connectivity index (χ0v) is 24.2. The predicted molar refractivity (Wildman–Crippen MR) is 162 cm³/mol. The Morgan fingerprint density at radius 1 is 0.925 bits per heavy atom. The molecule has 0 aromatic heterocycles. The third-order valence-corrected chi connectivity index (χ3v) is 5.88. The topological polar surface area (TPSA) is 127 Å². The van der Waals surface area contributed by atoms with E-state index in [0.717, 1.165) is 5.56 Å². The molecule has 0 saturated heterocycles. The van der Waals surface area contributed by atoms with E-state index in [1.807, 2.05) is 38.1 Å². The van der Waals surface area contributed by atoms with Crippen LogP contribution < -0.4 is 30.3 Å². The number of ether oxygens (including phenoxy) is 3. The lowest BCUT2D eigenvalue weighted by molar-refractivity contribution is -0.136. The fraction of sp³-hybridized carbons (Fsp3) is 0.172. The van der Waals surface area contributed by atoms with Crippen molar-refractivity contribution in [3.63, 3.8) is 0 Å². The molecule has 0 radical (unpaired) electrons. The average Bonchev–Trinajstić information content (AvgIpc) is 2.93. The molecule has 3 aromatic rings. The van der Waals surface area contributed by atoms with E-state index in [-0.39, 0.29) is 12.5 Å². The molecule has 0 fully saturated rings. The number of carbonyl (C=O) groups is 3. The maximum atomic E-state index is 12.4. The predicted octanol–water partition coefficient (Wildman–Crippen LogP) is 4.67. The SMILES string of the molecule is C=CCOc1ccc(NC(=O)C(=O)N/N=C\c2cc(I)c(OCC(=O)Nc3ccc(C)cc3)c(OCC)c2)cc1. The molecule has 3 rings (SSSR count). The number of halogens is 1. The van der Waals surface area contributed by atoms with Crippen molar-refractivity contribution >= 4 is 57.9 Å². The molecule has 0 unspecified atom stereocenters. The summed E-state index contributed by atoms with van der Waals surface area (Å²) >= 11 is 2.06. The summed E-state index contributed by atoms with van der Waals surface area (Å²) in [6.45, 7) is 7.87. The molecule has 3 amide bonds. The highest BCUT2D eigenvalue weighted by molar-refractivity contribution is 14.1. The lowest BCUT2D eigenvalue weighted by Gasteiger charge is -2.14. The van der Waals surface area contributed by atoms with Crippen LogP contribution in [-0.4, -0.2) is 43.8 Å². The minimum Gasteiger partial charge on any atom is -0.490 e. The molecule has 0 atom stereocenters. The van der Waals surface area contributed by atoms with Gasteiger partial charge in [0.2, 0.25) is 0 Å². The van der Waals surface area contributed by atoms with E-state index in [2.05, 4.69) is 50.3 Å². The van der Waals surface area contributed by atoms with Gasteiger partial charge in [0.05, 0.1) is 16.4 Å². The zero-order chi connectivity index (χ0) is 28.9. The number of rotatable bonds is 12. The smallest absolute Gasteiger partial charge is 0.329 e. The molecule has 0 aliphatic carbocycles. The van der Waals surface area contributed by atoms with Gasteiger partial charge in [-0.15, -0.1) is 0 Å². The van der Waals surface area contributed by atoms with Crippen LogP contribution in [0.1, 0.15) is 18.1 Å². The Bertz CT molecular complexity index is 1370. The van der Waals surface area contributed by atoms with E-state index in [0.29, 0.717) is 51.0 Å². The summed E-state index contributed by atoms with van der Waals surface area (Å²) in [6, 6.07) is 17.4. The number of anilines is 2. The van der Waals surface area contributed by atoms with Gasteiger partial charge < -0.3 is 24.8 Å². The highest BCUT2D eigenvalue weighted by Crippen LogP contribution is 2.34. The monoisotopic (exact) mass is 656 g/mol. The van der Waals surface area contributed by atoms with Gasteiger partial charge in [-0.05, 0) is 90.5 Å². The first-order valence-electron chi connectivity index (χ1n) is 12.2. The second-order valence-corrected chi connectivity index (χ2v) is 9.41. The fourth-order valence-corrected chi connectivity index (χ4v) is 4.01. The summed E-state index contributed by atoms with van der Waals surface area (Å²) in [5, 5.41) is 9.14. The van der Waals surface area contributed by atoms with E-state index in [4.69, 9.17) is 14.2 Å². The van der Waals surface area contributed by atoms with E-state index in [9.17, 15) is 14.4 Å². The van der Waals surface area contributed by atoms with Crippen molar-refractivity contribution < 1.29 is 28.6 Å². The summed E-state index contributed by atoms with van der Waals surface area (Å²) in [5.41, 5.74) is 4.97. The second-order valence-electron chi connectivity index (χ2n) is 8.24. The lowest BCUT2D eigenvalue weighted by atomic mass is 10.2. The van der Waals surface area contributed by atoms with Gasteiger partial charge in [0, 0.05) is 11.4 Å². The third kappa shape index (κ3) is 9.42. The van der Waals surface area contributed by atoms with Crippen molar-refractivity contribution in [3.8, 4) is 17.2 Å². The maximum absolute atomic E-state index is 12.4. The molecule has 40 heavy (non-hydrogen) atoms. The van der Waals surface area contributed by atoms with Crippen LogP contribution in [0.25, 0.3) is 0 Å². The standard InChI is InChI=1S/C29H29IN4O6/c1-4-14-39-23-12-10-22(11-13-23)33-28(36)29(37)34-31-17-20-15-24(30)27(25(16-20)38-5-2)40-18-26(35)32-21-8-6-19(3)7-9-21/h4,6-13,15-17H,1,5,14,18H2,2-3H3,(H,32,35)(H,33,36)(H,34,37)/b31-17-. The average molecular weight is 656 g/mol. The van der Waals surface area contributed by atoms with Crippen LogP contribution >= 0.6 is 22.6 Å². The van der Waals surface area contributed by atoms with Crippen molar-refractivity contribution in [1.29, 1.82) is 0 Å². The first-order valence-corrected chi connectivity index (χ1v) is 13.3. The Kier molecular flexibility index (Phi) is 11.5. The Balaban J connectivity index is 1.57. The number of aryl methyl sites for hydroxylation is 1. The minimum absolute atomic E-state index is 0.215. The summed E-state index contributed by atoms with van der Waals surface area (Å²) in [7, 11) is 0. The van der Waals surface area contributed by atoms with Crippen molar-refractivity contribution in [1.82, 2.24) is 5.43 Å². The van der Waals surface area contributed by atoms with Crippen LogP contribution in [-0.2, 0) is 14.4 Å². The van der Waals surface area contributed by atoms with Crippen molar-refractivity contribution in [2.45, 2.75) is 13.8 Å². The third-order valence-electron chi connectivity index (χ3n) is 5.08. The van der Waals surface area contributed by atoms with Gasteiger partial charge in [-0.3, -0.25) is 14.4 Å². The van der Waals surface area contributed by atoms with Gasteiger partial charge in [0.1, 0.15) is 12.4 Å². The quantitative estimate of drug-likeness (QED) is 0.0856. The summed E-state index contributed by atoms with van der Waals surface area (Å²) in [5.74, 6) is -0.719. The number of hydrogen-bond acceptors (Lipinski definition) is 7. The van der Waals surface area contributed by atoms with E-state index >= 15 is 0 Å². The molecular weight excluding hydrogens is 627 g/mol. The van der Waals surface area contributed by atoms with Gasteiger partial charge in [0.25, 0.3) is 5.91 Å².